The molecule has 2 aromatic rings. The van der Waals surface area contributed by atoms with Gasteiger partial charge in [-0.2, -0.15) is 0 Å². The third kappa shape index (κ3) is 5.00. The molecule has 0 saturated heterocycles. The van der Waals surface area contributed by atoms with Crippen molar-refractivity contribution in [3.63, 3.8) is 0 Å². The fraction of sp³-hybridized carbons (Fsp3) is 0.522. The summed E-state index contributed by atoms with van der Waals surface area (Å²) < 4.78 is 16.1. The maximum Gasteiger partial charge on any atom is 0.273 e. The van der Waals surface area contributed by atoms with Gasteiger partial charge in [0.25, 0.3) is 11.8 Å². The number of ether oxygens (including phenoxy) is 2. The van der Waals surface area contributed by atoms with Crippen LogP contribution >= 0.6 is 0 Å². The number of amides is 2. The first-order valence-electron chi connectivity index (χ1n) is 10.9. The normalized spacial score (nSPS) is 16.2. The minimum Gasteiger partial charge on any atom is -0.493 e. The molecule has 2 amide bonds. The van der Waals surface area contributed by atoms with Crippen molar-refractivity contribution in [2.45, 2.75) is 51.1 Å². The van der Waals surface area contributed by atoms with Gasteiger partial charge in [0, 0.05) is 24.2 Å². The summed E-state index contributed by atoms with van der Waals surface area (Å²) in [5, 5.41) is 6.80. The second kappa shape index (κ2) is 9.41. The van der Waals surface area contributed by atoms with Gasteiger partial charge in [0.05, 0.1) is 20.8 Å². The quantitative estimate of drug-likeness (QED) is 0.659. The lowest BCUT2D eigenvalue weighted by atomic mass is 10.1. The number of carbonyl (C=O) groups is 2. The Labute approximate surface area is 181 Å². The first kappa shape index (κ1) is 21.2. The fourth-order valence-corrected chi connectivity index (χ4v) is 4.03. The molecule has 8 nitrogen and oxygen atoms in total. The summed E-state index contributed by atoms with van der Waals surface area (Å²) in [7, 11) is 3.11. The van der Waals surface area contributed by atoms with Crippen LogP contribution in [-0.2, 0) is 6.54 Å². The predicted octanol–water partition coefficient (Wildman–Crippen LogP) is 3.42. The van der Waals surface area contributed by atoms with E-state index < -0.39 is 0 Å². The number of nitrogens with one attached hydrogen (secondary N) is 1. The molecule has 2 aliphatic carbocycles. The molecule has 1 aromatic heterocycles. The average molecular weight is 428 g/mol. The second-order valence-electron chi connectivity index (χ2n) is 8.27. The third-order valence-electron chi connectivity index (χ3n) is 6.02. The summed E-state index contributed by atoms with van der Waals surface area (Å²) in [5.41, 5.74) is 0.770. The summed E-state index contributed by atoms with van der Waals surface area (Å²) in [5.74, 6) is 1.83. The number of nitrogens with zero attached hydrogens (tertiary/aromatic N) is 2. The summed E-state index contributed by atoms with van der Waals surface area (Å²) in [6.45, 7) is 0.938. The van der Waals surface area contributed by atoms with E-state index in [4.69, 9.17) is 14.0 Å². The fourth-order valence-electron chi connectivity index (χ4n) is 4.03. The Hall–Kier alpha value is -3.03. The standard InChI is InChI=1S/C23H29N3O5/c1-29-20-10-9-16(11-21(20)30-2)23(28)26(17-5-3-4-6-17)14-18-12-19(25-31-18)22(27)24-13-15-7-8-15/h9-12,15,17H,3-8,13-14H2,1-2H3,(H,24,27). The van der Waals surface area contributed by atoms with Crippen molar-refractivity contribution in [1.29, 1.82) is 0 Å². The molecule has 166 valence electrons. The zero-order valence-electron chi connectivity index (χ0n) is 18.1. The van der Waals surface area contributed by atoms with Crippen molar-refractivity contribution in [1.82, 2.24) is 15.4 Å². The van der Waals surface area contributed by atoms with Gasteiger partial charge in [0.2, 0.25) is 0 Å². The molecule has 31 heavy (non-hydrogen) atoms. The largest absolute Gasteiger partial charge is 0.493 e. The highest BCUT2D eigenvalue weighted by molar-refractivity contribution is 5.95. The molecule has 0 bridgehead atoms. The Kier molecular flexibility index (Phi) is 6.44. The van der Waals surface area contributed by atoms with E-state index in [0.717, 1.165) is 25.7 Å². The van der Waals surface area contributed by atoms with Crippen molar-refractivity contribution in [3.05, 3.63) is 41.3 Å². The number of aromatic nitrogens is 1. The van der Waals surface area contributed by atoms with Crippen LogP contribution in [-0.4, -0.2) is 48.7 Å². The number of hydrogen-bond acceptors (Lipinski definition) is 6. The molecule has 0 atom stereocenters. The zero-order valence-corrected chi connectivity index (χ0v) is 18.1. The van der Waals surface area contributed by atoms with E-state index in [9.17, 15) is 9.59 Å². The Morgan fingerprint density at radius 2 is 1.84 bits per heavy atom. The minimum atomic E-state index is -0.236. The Bertz CT molecular complexity index is 931. The molecular formula is C23H29N3O5. The molecule has 0 spiro atoms. The van der Waals surface area contributed by atoms with Crippen molar-refractivity contribution in [2.24, 2.45) is 5.92 Å². The summed E-state index contributed by atoms with van der Waals surface area (Å²) >= 11 is 0. The van der Waals surface area contributed by atoms with Crippen LogP contribution in [0.4, 0.5) is 0 Å². The molecule has 8 heteroatoms. The van der Waals surface area contributed by atoms with E-state index >= 15 is 0 Å². The summed E-state index contributed by atoms with van der Waals surface area (Å²) in [4.78, 5) is 27.5. The molecule has 2 aliphatic rings. The molecule has 0 radical (unpaired) electrons. The first-order valence-corrected chi connectivity index (χ1v) is 10.9. The van der Waals surface area contributed by atoms with Gasteiger partial charge in [0.15, 0.2) is 23.0 Å². The lowest BCUT2D eigenvalue weighted by molar-refractivity contribution is 0.0643. The van der Waals surface area contributed by atoms with Gasteiger partial charge in [-0.3, -0.25) is 9.59 Å². The van der Waals surface area contributed by atoms with Gasteiger partial charge in [-0.1, -0.05) is 18.0 Å². The maximum absolute atomic E-state index is 13.4. The number of rotatable bonds is 9. The first-order chi connectivity index (χ1) is 15.1. The lowest BCUT2D eigenvalue weighted by Gasteiger charge is -2.28. The van der Waals surface area contributed by atoms with Gasteiger partial charge in [-0.05, 0) is 49.8 Å². The van der Waals surface area contributed by atoms with Crippen molar-refractivity contribution in [2.75, 3.05) is 20.8 Å². The van der Waals surface area contributed by atoms with E-state index in [1.807, 2.05) is 4.90 Å². The Balaban J connectivity index is 1.50. The Morgan fingerprint density at radius 3 is 2.52 bits per heavy atom. The molecule has 0 aliphatic heterocycles. The van der Waals surface area contributed by atoms with Crippen LogP contribution in [0.5, 0.6) is 11.5 Å². The highest BCUT2D eigenvalue weighted by atomic mass is 16.5. The van der Waals surface area contributed by atoms with Gasteiger partial charge >= 0.3 is 0 Å². The van der Waals surface area contributed by atoms with Gasteiger partial charge < -0.3 is 24.2 Å². The van der Waals surface area contributed by atoms with Crippen LogP contribution in [0.3, 0.4) is 0 Å². The molecule has 4 rings (SSSR count). The summed E-state index contributed by atoms with van der Waals surface area (Å²) in [6.07, 6.45) is 6.40. The molecular weight excluding hydrogens is 398 g/mol. The second-order valence-corrected chi connectivity index (χ2v) is 8.27. The van der Waals surface area contributed by atoms with Crippen LogP contribution < -0.4 is 14.8 Å². The topological polar surface area (TPSA) is 93.9 Å². The lowest BCUT2D eigenvalue weighted by Crippen LogP contribution is -2.38. The van der Waals surface area contributed by atoms with E-state index in [-0.39, 0.29) is 30.1 Å². The molecule has 2 fully saturated rings. The van der Waals surface area contributed by atoms with Crippen LogP contribution in [0.15, 0.2) is 28.8 Å². The zero-order chi connectivity index (χ0) is 21.8. The average Bonchev–Trinajstić information content (AvgIpc) is 3.25. The predicted molar refractivity (Wildman–Crippen MR) is 113 cm³/mol. The van der Waals surface area contributed by atoms with Gasteiger partial charge in [-0.25, -0.2) is 0 Å². The number of carbonyl (C=O) groups excluding carboxylic acids is 2. The minimum absolute atomic E-state index is 0.107. The molecule has 1 aromatic carbocycles. The van der Waals surface area contributed by atoms with Crippen LogP contribution in [0.1, 0.15) is 65.1 Å². The van der Waals surface area contributed by atoms with Gasteiger partial charge in [0.1, 0.15) is 0 Å². The number of benzene rings is 1. The molecule has 1 N–H and O–H groups in total. The third-order valence-corrected chi connectivity index (χ3v) is 6.02. The van der Waals surface area contributed by atoms with Crippen LogP contribution in [0.2, 0.25) is 0 Å². The van der Waals surface area contributed by atoms with E-state index in [0.29, 0.717) is 35.3 Å². The van der Waals surface area contributed by atoms with E-state index in [2.05, 4.69) is 10.5 Å². The van der Waals surface area contributed by atoms with E-state index in [1.165, 1.54) is 12.8 Å². The summed E-state index contributed by atoms with van der Waals surface area (Å²) in [6, 6.07) is 6.92. The van der Waals surface area contributed by atoms with Gasteiger partial charge in [-0.15, -0.1) is 0 Å². The van der Waals surface area contributed by atoms with Crippen molar-refractivity contribution < 1.29 is 23.6 Å². The SMILES string of the molecule is COc1ccc(C(=O)N(Cc2cc(C(=O)NCC3CC3)no2)C2CCCC2)cc1OC. The molecule has 1 heterocycles. The van der Waals surface area contributed by atoms with E-state index in [1.54, 1.807) is 38.5 Å². The van der Waals surface area contributed by atoms with Crippen LogP contribution in [0, 0.1) is 5.92 Å². The monoisotopic (exact) mass is 427 g/mol. The molecule has 0 unspecified atom stereocenters. The number of hydrogen-bond donors (Lipinski definition) is 1. The number of methoxy groups -OCH3 is 2. The highest BCUT2D eigenvalue weighted by Gasteiger charge is 2.30. The Morgan fingerprint density at radius 1 is 1.10 bits per heavy atom. The van der Waals surface area contributed by atoms with Crippen molar-refractivity contribution >= 4 is 11.8 Å². The molecule has 2 saturated carbocycles. The van der Waals surface area contributed by atoms with Crippen molar-refractivity contribution in [3.8, 4) is 11.5 Å². The highest BCUT2D eigenvalue weighted by Crippen LogP contribution is 2.31. The maximum atomic E-state index is 13.4. The van der Waals surface area contributed by atoms with Crippen LogP contribution in [0.25, 0.3) is 0 Å². The smallest absolute Gasteiger partial charge is 0.273 e.